The number of hydrogen-bond acceptors (Lipinski definition) is 2. The number of fused-ring (bicyclic) bond motifs is 1. The lowest BCUT2D eigenvalue weighted by molar-refractivity contribution is -0.120. The monoisotopic (exact) mass is 343 g/mol. The Labute approximate surface area is 153 Å². The van der Waals surface area contributed by atoms with Gasteiger partial charge in [-0.1, -0.05) is 72.8 Å². The molecule has 0 radical (unpaired) electrons. The molecule has 0 spiro atoms. The molecular formula is C23H21NO2. The number of amides is 1. The average Bonchev–Trinajstić information content (AvgIpc) is 3.15. The summed E-state index contributed by atoms with van der Waals surface area (Å²) in [4.78, 5) is 12.7. The van der Waals surface area contributed by atoms with E-state index in [2.05, 4.69) is 11.4 Å². The van der Waals surface area contributed by atoms with Crippen LogP contribution in [0.25, 0.3) is 0 Å². The molecule has 3 aromatic carbocycles. The summed E-state index contributed by atoms with van der Waals surface area (Å²) >= 11 is 0. The summed E-state index contributed by atoms with van der Waals surface area (Å²) < 4.78 is 5.54. The van der Waals surface area contributed by atoms with E-state index in [0.29, 0.717) is 6.42 Å². The number of benzene rings is 3. The van der Waals surface area contributed by atoms with Gasteiger partial charge in [0.2, 0.25) is 5.91 Å². The zero-order valence-electron chi connectivity index (χ0n) is 14.5. The van der Waals surface area contributed by atoms with Crippen LogP contribution < -0.4 is 10.1 Å². The Morgan fingerprint density at radius 2 is 1.58 bits per heavy atom. The predicted octanol–water partition coefficient (Wildman–Crippen LogP) is 4.07. The Morgan fingerprint density at radius 1 is 0.923 bits per heavy atom. The summed E-state index contributed by atoms with van der Waals surface area (Å²) in [6.45, 7) is 0.731. The Balaban J connectivity index is 1.53. The quantitative estimate of drug-likeness (QED) is 0.758. The van der Waals surface area contributed by atoms with Gasteiger partial charge in [-0.25, -0.2) is 0 Å². The summed E-state index contributed by atoms with van der Waals surface area (Å²) in [5.74, 6) is 0.960. The number of nitrogens with one attached hydrogen (secondary N) is 1. The molecule has 1 amide bonds. The molecule has 0 atom stereocenters. The molecule has 0 bridgehead atoms. The highest BCUT2D eigenvalue weighted by atomic mass is 16.5. The second kappa shape index (κ2) is 7.44. The maximum absolute atomic E-state index is 12.7. The first kappa shape index (κ1) is 16.4. The molecule has 1 aliphatic rings. The number of rotatable bonds is 5. The lowest BCUT2D eigenvalue weighted by atomic mass is 9.98. The first-order valence-electron chi connectivity index (χ1n) is 8.93. The molecule has 4 rings (SSSR count). The van der Waals surface area contributed by atoms with Gasteiger partial charge in [-0.15, -0.1) is 0 Å². The van der Waals surface area contributed by atoms with Gasteiger partial charge in [0.1, 0.15) is 5.75 Å². The fraction of sp³-hybridized carbons (Fsp3) is 0.174. The van der Waals surface area contributed by atoms with Gasteiger partial charge in [-0.3, -0.25) is 4.79 Å². The van der Waals surface area contributed by atoms with Crippen LogP contribution in [0.5, 0.6) is 5.75 Å². The smallest absolute Gasteiger partial charge is 0.225 e. The van der Waals surface area contributed by atoms with E-state index in [1.54, 1.807) is 0 Å². The molecule has 1 N–H and O–H groups in total. The highest BCUT2D eigenvalue weighted by Crippen LogP contribution is 2.26. The molecule has 3 heteroatoms. The standard InChI is InChI=1S/C23H21NO2/c25-22(16-17-11-12-21-20(15-17)13-14-26-21)24-23(18-7-3-1-4-8-18)19-9-5-2-6-10-19/h1-12,15,23H,13-14,16H2,(H,24,25). The molecule has 0 aromatic heterocycles. The molecule has 26 heavy (non-hydrogen) atoms. The minimum absolute atomic E-state index is 0.0153. The van der Waals surface area contributed by atoms with E-state index < -0.39 is 0 Å². The average molecular weight is 343 g/mol. The van der Waals surface area contributed by atoms with Crippen LogP contribution in [0.2, 0.25) is 0 Å². The van der Waals surface area contributed by atoms with Crippen LogP contribution in [0.4, 0.5) is 0 Å². The molecule has 3 nitrogen and oxygen atoms in total. The van der Waals surface area contributed by atoms with Crippen molar-refractivity contribution >= 4 is 5.91 Å². The zero-order valence-corrected chi connectivity index (χ0v) is 14.5. The maximum Gasteiger partial charge on any atom is 0.225 e. The van der Waals surface area contributed by atoms with Gasteiger partial charge in [0.05, 0.1) is 19.1 Å². The van der Waals surface area contributed by atoms with Crippen LogP contribution in [0.1, 0.15) is 28.3 Å². The molecular weight excluding hydrogens is 322 g/mol. The predicted molar refractivity (Wildman–Crippen MR) is 102 cm³/mol. The Morgan fingerprint density at radius 3 is 2.23 bits per heavy atom. The summed E-state index contributed by atoms with van der Waals surface area (Å²) in [5.41, 5.74) is 4.37. The first-order valence-corrected chi connectivity index (χ1v) is 8.93. The van der Waals surface area contributed by atoms with E-state index in [0.717, 1.165) is 35.5 Å². The highest BCUT2D eigenvalue weighted by Gasteiger charge is 2.18. The Hall–Kier alpha value is -3.07. The third-order valence-electron chi connectivity index (χ3n) is 4.69. The van der Waals surface area contributed by atoms with Crippen molar-refractivity contribution < 1.29 is 9.53 Å². The van der Waals surface area contributed by atoms with Crippen molar-refractivity contribution in [2.45, 2.75) is 18.9 Å². The van der Waals surface area contributed by atoms with Crippen LogP contribution in [-0.4, -0.2) is 12.5 Å². The summed E-state index contributed by atoms with van der Waals surface area (Å²) in [6, 6.07) is 26.0. The molecule has 0 aliphatic carbocycles. The molecule has 1 heterocycles. The molecule has 3 aromatic rings. The Kier molecular flexibility index (Phi) is 4.69. The van der Waals surface area contributed by atoms with E-state index in [4.69, 9.17) is 4.74 Å². The van der Waals surface area contributed by atoms with Crippen LogP contribution in [0.3, 0.4) is 0 Å². The van der Waals surface area contributed by atoms with E-state index >= 15 is 0 Å². The zero-order chi connectivity index (χ0) is 17.8. The maximum atomic E-state index is 12.7. The molecule has 130 valence electrons. The van der Waals surface area contributed by atoms with E-state index in [1.807, 2.05) is 72.8 Å². The van der Waals surface area contributed by atoms with E-state index in [-0.39, 0.29) is 11.9 Å². The van der Waals surface area contributed by atoms with Gasteiger partial charge in [-0.2, -0.15) is 0 Å². The fourth-order valence-electron chi connectivity index (χ4n) is 3.40. The van der Waals surface area contributed by atoms with Crippen molar-refractivity contribution in [3.63, 3.8) is 0 Å². The van der Waals surface area contributed by atoms with Crippen LogP contribution in [0, 0.1) is 0 Å². The molecule has 0 saturated carbocycles. The van der Waals surface area contributed by atoms with Gasteiger partial charge < -0.3 is 10.1 Å². The second-order valence-electron chi connectivity index (χ2n) is 6.54. The Bertz CT molecular complexity index is 851. The largest absolute Gasteiger partial charge is 0.493 e. The molecule has 0 unspecified atom stereocenters. The number of ether oxygens (including phenoxy) is 1. The van der Waals surface area contributed by atoms with Crippen molar-refractivity contribution in [2.24, 2.45) is 0 Å². The van der Waals surface area contributed by atoms with Gasteiger partial charge in [0.15, 0.2) is 0 Å². The summed E-state index contributed by atoms with van der Waals surface area (Å²) in [5, 5.41) is 3.20. The van der Waals surface area contributed by atoms with Crippen molar-refractivity contribution in [1.82, 2.24) is 5.32 Å². The molecule has 1 aliphatic heterocycles. The van der Waals surface area contributed by atoms with Gasteiger partial charge in [0.25, 0.3) is 0 Å². The van der Waals surface area contributed by atoms with Crippen molar-refractivity contribution in [3.8, 4) is 5.75 Å². The summed E-state index contributed by atoms with van der Waals surface area (Å²) in [6.07, 6.45) is 1.28. The molecule has 0 fully saturated rings. The van der Waals surface area contributed by atoms with Crippen LogP contribution in [-0.2, 0) is 17.6 Å². The van der Waals surface area contributed by atoms with E-state index in [1.165, 1.54) is 5.56 Å². The number of carbonyl (C=O) groups is 1. The van der Waals surface area contributed by atoms with Crippen LogP contribution in [0.15, 0.2) is 78.9 Å². The van der Waals surface area contributed by atoms with Gasteiger partial charge in [-0.05, 0) is 28.3 Å². The SMILES string of the molecule is O=C(Cc1ccc2c(c1)CCO2)NC(c1ccccc1)c1ccccc1. The van der Waals surface area contributed by atoms with Gasteiger partial charge >= 0.3 is 0 Å². The normalized spacial score (nSPS) is 12.5. The third kappa shape index (κ3) is 3.62. The van der Waals surface area contributed by atoms with E-state index in [9.17, 15) is 4.79 Å². The third-order valence-corrected chi connectivity index (χ3v) is 4.69. The van der Waals surface area contributed by atoms with Crippen molar-refractivity contribution in [1.29, 1.82) is 0 Å². The fourth-order valence-corrected chi connectivity index (χ4v) is 3.40. The minimum Gasteiger partial charge on any atom is -0.493 e. The first-order chi connectivity index (χ1) is 12.8. The van der Waals surface area contributed by atoms with Crippen molar-refractivity contribution in [3.05, 3.63) is 101 Å². The molecule has 0 saturated heterocycles. The van der Waals surface area contributed by atoms with Gasteiger partial charge in [0, 0.05) is 6.42 Å². The topological polar surface area (TPSA) is 38.3 Å². The second-order valence-corrected chi connectivity index (χ2v) is 6.54. The van der Waals surface area contributed by atoms with Crippen LogP contribution >= 0.6 is 0 Å². The number of hydrogen-bond donors (Lipinski definition) is 1. The summed E-state index contributed by atoms with van der Waals surface area (Å²) in [7, 11) is 0. The number of carbonyl (C=O) groups excluding carboxylic acids is 1. The highest BCUT2D eigenvalue weighted by molar-refractivity contribution is 5.79. The minimum atomic E-state index is -0.150. The lowest BCUT2D eigenvalue weighted by Crippen LogP contribution is -2.30. The lowest BCUT2D eigenvalue weighted by Gasteiger charge is -2.20. The van der Waals surface area contributed by atoms with Crippen molar-refractivity contribution in [2.75, 3.05) is 6.61 Å².